The highest BCUT2D eigenvalue weighted by atomic mass is 19.1. The average Bonchev–Trinajstić information content (AvgIpc) is 3.36. The lowest BCUT2D eigenvalue weighted by atomic mass is 9.86. The van der Waals surface area contributed by atoms with Gasteiger partial charge in [0.1, 0.15) is 23.8 Å². The van der Waals surface area contributed by atoms with Crippen molar-refractivity contribution in [3.05, 3.63) is 82.7 Å². The van der Waals surface area contributed by atoms with Crippen LogP contribution in [0.15, 0.2) is 42.6 Å². The molecule has 11 heteroatoms. The van der Waals surface area contributed by atoms with Crippen LogP contribution in [0, 0.1) is 34.3 Å². The van der Waals surface area contributed by atoms with Gasteiger partial charge in [0.25, 0.3) is 5.88 Å². The van der Waals surface area contributed by atoms with Crippen molar-refractivity contribution in [1.29, 1.82) is 5.26 Å². The molecule has 228 valence electrons. The largest absolute Gasteiger partial charge is 0.471 e. The minimum atomic E-state index is -0.711. The first-order valence-electron chi connectivity index (χ1n) is 14.6. The van der Waals surface area contributed by atoms with Gasteiger partial charge < -0.3 is 14.0 Å². The molecule has 0 N–H and O–H groups in total. The smallest absolute Gasteiger partial charge is 0.356 e. The number of halogens is 2. The molecule has 0 bridgehead atoms. The molecule has 1 atom stereocenters. The van der Waals surface area contributed by atoms with Crippen molar-refractivity contribution in [2.75, 3.05) is 7.11 Å². The van der Waals surface area contributed by atoms with Gasteiger partial charge in [-0.1, -0.05) is 25.1 Å². The first-order chi connectivity index (χ1) is 21.1. The Hall–Kier alpha value is -4.72. The molecule has 1 aromatic carbocycles. The van der Waals surface area contributed by atoms with Crippen LogP contribution in [0.25, 0.3) is 16.7 Å². The number of ether oxygens (including phenoxy) is 2. The molecule has 0 radical (unpaired) electrons. The maximum atomic E-state index is 14.5. The monoisotopic (exact) mass is 600 g/mol. The molecular formula is C33H34F2N6O3. The zero-order chi connectivity index (χ0) is 31.4. The summed E-state index contributed by atoms with van der Waals surface area (Å²) in [6, 6.07) is 10.6. The highest BCUT2D eigenvalue weighted by molar-refractivity contribution is 5.89. The van der Waals surface area contributed by atoms with E-state index in [4.69, 9.17) is 14.5 Å². The summed E-state index contributed by atoms with van der Waals surface area (Å²) in [4.78, 5) is 30.0. The maximum absolute atomic E-state index is 14.5. The number of imidazole rings is 1. The number of rotatable bonds is 10. The van der Waals surface area contributed by atoms with E-state index in [2.05, 4.69) is 21.0 Å². The topological polar surface area (TPSA) is 116 Å². The fraction of sp³-hybridized carbons (Fsp3) is 0.394. The van der Waals surface area contributed by atoms with Gasteiger partial charge in [-0.3, -0.25) is 0 Å². The number of carbonyl (C=O) groups excluding carboxylic acids is 1. The molecule has 9 nitrogen and oxygen atoms in total. The molecule has 1 unspecified atom stereocenters. The number of aryl methyl sites for hydroxylation is 1. The summed E-state index contributed by atoms with van der Waals surface area (Å²) in [5.41, 5.74) is 2.74. The van der Waals surface area contributed by atoms with E-state index in [0.29, 0.717) is 54.8 Å². The van der Waals surface area contributed by atoms with Crippen molar-refractivity contribution in [2.45, 2.75) is 66.0 Å². The molecule has 0 saturated carbocycles. The number of hydrogen-bond donors (Lipinski definition) is 0. The Morgan fingerprint density at radius 2 is 1.98 bits per heavy atom. The van der Waals surface area contributed by atoms with Crippen molar-refractivity contribution >= 4 is 22.7 Å². The lowest BCUT2D eigenvalue weighted by Gasteiger charge is -2.23. The number of allylic oxidation sites excluding steroid dienone is 2. The molecule has 3 aromatic heterocycles. The zero-order valence-corrected chi connectivity index (χ0v) is 25.2. The van der Waals surface area contributed by atoms with Gasteiger partial charge in [0, 0.05) is 18.5 Å². The molecule has 3 heterocycles. The van der Waals surface area contributed by atoms with Crippen molar-refractivity contribution in [1.82, 2.24) is 24.5 Å². The van der Waals surface area contributed by atoms with E-state index in [0.717, 1.165) is 29.6 Å². The van der Waals surface area contributed by atoms with Gasteiger partial charge >= 0.3 is 5.97 Å². The number of nitrogens with zero attached hydrogens (tertiary/aromatic N) is 6. The fourth-order valence-electron chi connectivity index (χ4n) is 5.24. The Balaban J connectivity index is 1.32. The fourth-order valence-corrected chi connectivity index (χ4v) is 5.24. The summed E-state index contributed by atoms with van der Waals surface area (Å²) in [5.74, 6) is -0.465. The van der Waals surface area contributed by atoms with Gasteiger partial charge in [0.2, 0.25) is 5.82 Å². The lowest BCUT2D eigenvalue weighted by Crippen LogP contribution is -2.21. The number of benzene rings is 1. The normalized spacial score (nSPS) is 15.1. The van der Waals surface area contributed by atoms with Gasteiger partial charge in [0.05, 0.1) is 24.8 Å². The molecule has 5 rings (SSSR count). The predicted molar refractivity (Wildman–Crippen MR) is 159 cm³/mol. The third kappa shape index (κ3) is 6.75. The summed E-state index contributed by atoms with van der Waals surface area (Å²) in [5, 5.41) is 9.71. The minimum Gasteiger partial charge on any atom is -0.471 e. The molecule has 44 heavy (non-hydrogen) atoms. The second-order valence-electron chi connectivity index (χ2n) is 11.6. The number of aromatic nitrogens is 5. The molecule has 0 spiro atoms. The van der Waals surface area contributed by atoms with Crippen LogP contribution in [0.2, 0.25) is 0 Å². The number of carbonyl (C=O) groups is 1. The lowest BCUT2D eigenvalue weighted by molar-refractivity contribution is 0.0594. The van der Waals surface area contributed by atoms with Gasteiger partial charge in [-0.05, 0) is 74.8 Å². The van der Waals surface area contributed by atoms with Crippen LogP contribution in [0.1, 0.15) is 73.3 Å². The predicted octanol–water partition coefficient (Wildman–Crippen LogP) is 6.40. The summed E-state index contributed by atoms with van der Waals surface area (Å²) in [6.07, 6.45) is 6.67. The Labute approximate surface area is 254 Å². The highest BCUT2D eigenvalue weighted by Crippen LogP contribution is 2.33. The Morgan fingerprint density at radius 3 is 2.66 bits per heavy atom. The van der Waals surface area contributed by atoms with Crippen LogP contribution in [-0.4, -0.2) is 37.6 Å². The van der Waals surface area contributed by atoms with Crippen molar-refractivity contribution in [2.24, 2.45) is 11.3 Å². The van der Waals surface area contributed by atoms with Crippen molar-refractivity contribution < 1.29 is 23.0 Å². The standard InChI is InChI=1S/C33H34F2N6O3/c1-5-20-6-11-23(24(34)14-20)17-44-31-25(35)16-37-29(40-31)22-9-7-21(8-10-22)15-28-38-26-12-13-27(32(42)43-4)39-30(26)41(28)19-33(2,3)18-36/h6,9,11-14,16,21H,5,7-8,10,15,17,19H2,1-4H3. The van der Waals surface area contributed by atoms with Gasteiger partial charge in [-0.15, -0.1) is 0 Å². The van der Waals surface area contributed by atoms with Gasteiger partial charge in [-0.2, -0.15) is 14.6 Å². The second kappa shape index (κ2) is 12.9. The van der Waals surface area contributed by atoms with Crippen LogP contribution in [0.5, 0.6) is 5.88 Å². The molecule has 1 aliphatic carbocycles. The van der Waals surface area contributed by atoms with Crippen LogP contribution in [-0.2, 0) is 30.7 Å². The van der Waals surface area contributed by atoms with Gasteiger partial charge in [-0.25, -0.2) is 24.1 Å². The minimum absolute atomic E-state index is 0.149. The SMILES string of the molecule is CCc1ccc(COc2nc(C3=CCC(Cc4nc5ccc(C(=O)OC)nc5n4CC(C)(C)C#N)CC3)ncc2F)c(F)c1. The Bertz CT molecular complexity index is 1780. The summed E-state index contributed by atoms with van der Waals surface area (Å²) >= 11 is 0. The van der Waals surface area contributed by atoms with E-state index in [1.54, 1.807) is 18.2 Å². The van der Waals surface area contributed by atoms with Crippen LogP contribution in [0.4, 0.5) is 8.78 Å². The molecule has 4 aromatic rings. The van der Waals surface area contributed by atoms with Crippen LogP contribution >= 0.6 is 0 Å². The first-order valence-corrected chi connectivity index (χ1v) is 14.6. The van der Waals surface area contributed by atoms with E-state index in [1.165, 1.54) is 13.2 Å². The summed E-state index contributed by atoms with van der Waals surface area (Å²) < 4.78 is 41.2. The average molecular weight is 601 g/mol. The molecular weight excluding hydrogens is 566 g/mol. The van der Waals surface area contributed by atoms with Gasteiger partial charge in [0.15, 0.2) is 17.2 Å². The van der Waals surface area contributed by atoms with E-state index in [9.17, 15) is 18.8 Å². The summed E-state index contributed by atoms with van der Waals surface area (Å²) in [6.45, 7) is 5.85. The van der Waals surface area contributed by atoms with Crippen molar-refractivity contribution in [3.8, 4) is 11.9 Å². The number of hydrogen-bond acceptors (Lipinski definition) is 8. The van der Waals surface area contributed by atoms with E-state index in [-0.39, 0.29) is 24.1 Å². The van der Waals surface area contributed by atoms with E-state index >= 15 is 0 Å². The number of fused-ring (bicyclic) bond motifs is 1. The number of pyridine rings is 1. The number of esters is 1. The second-order valence-corrected chi connectivity index (χ2v) is 11.6. The number of methoxy groups -OCH3 is 1. The molecule has 0 aliphatic heterocycles. The molecule has 0 fully saturated rings. The first kappa shape index (κ1) is 30.7. The Kier molecular flexibility index (Phi) is 8.99. The molecule has 1 aliphatic rings. The Morgan fingerprint density at radius 1 is 1.16 bits per heavy atom. The van der Waals surface area contributed by atoms with E-state index in [1.807, 2.05) is 37.5 Å². The third-order valence-electron chi connectivity index (χ3n) is 7.80. The highest BCUT2D eigenvalue weighted by Gasteiger charge is 2.26. The molecule has 0 amide bonds. The quantitative estimate of drug-likeness (QED) is 0.192. The molecule has 0 saturated heterocycles. The van der Waals surface area contributed by atoms with Crippen LogP contribution in [0.3, 0.4) is 0 Å². The third-order valence-corrected chi connectivity index (χ3v) is 7.80. The number of nitriles is 1. The van der Waals surface area contributed by atoms with Crippen molar-refractivity contribution in [3.63, 3.8) is 0 Å². The van der Waals surface area contributed by atoms with E-state index < -0.39 is 23.0 Å². The van der Waals surface area contributed by atoms with Crippen LogP contribution < -0.4 is 4.74 Å². The maximum Gasteiger partial charge on any atom is 0.356 e. The summed E-state index contributed by atoms with van der Waals surface area (Å²) in [7, 11) is 1.30. The zero-order valence-electron chi connectivity index (χ0n) is 25.2.